The number of pyridine rings is 1. The molecule has 0 saturated carbocycles. The van der Waals surface area contributed by atoms with Gasteiger partial charge in [0.2, 0.25) is 0 Å². The average molecular weight is 580 g/mol. The van der Waals surface area contributed by atoms with E-state index in [2.05, 4.69) is 31.2 Å². The van der Waals surface area contributed by atoms with Gasteiger partial charge in [0.25, 0.3) is 5.91 Å². The van der Waals surface area contributed by atoms with Crippen LogP contribution < -0.4 is 15.1 Å². The lowest BCUT2D eigenvalue weighted by atomic mass is 10.1. The Hall–Kier alpha value is -3.33. The molecule has 1 aliphatic heterocycles. The molecule has 3 heterocycles. The highest BCUT2D eigenvalue weighted by atomic mass is 35.5. The van der Waals surface area contributed by atoms with E-state index in [0.29, 0.717) is 34.6 Å². The minimum Gasteiger partial charge on any atom is -0.367 e. The fourth-order valence-electron chi connectivity index (χ4n) is 4.35. The van der Waals surface area contributed by atoms with Gasteiger partial charge in [-0.25, -0.2) is 9.97 Å². The third kappa shape index (κ3) is 7.41. The molecule has 1 amide bonds. The van der Waals surface area contributed by atoms with Gasteiger partial charge >= 0.3 is 0 Å². The molecule has 0 unspecified atom stereocenters. The summed E-state index contributed by atoms with van der Waals surface area (Å²) in [7, 11) is 0. The van der Waals surface area contributed by atoms with Gasteiger partial charge in [-0.2, -0.15) is 0 Å². The molecule has 7 nitrogen and oxygen atoms in total. The van der Waals surface area contributed by atoms with Gasteiger partial charge in [0.1, 0.15) is 11.0 Å². The molecule has 0 bridgehead atoms. The molecule has 200 valence electrons. The molecule has 39 heavy (non-hydrogen) atoms. The molecule has 5 rings (SSSR count). The van der Waals surface area contributed by atoms with Crippen LogP contribution in [-0.2, 0) is 12.2 Å². The van der Waals surface area contributed by atoms with Crippen molar-refractivity contribution in [3.63, 3.8) is 0 Å². The Morgan fingerprint density at radius 2 is 1.64 bits per heavy atom. The largest absolute Gasteiger partial charge is 0.367 e. The van der Waals surface area contributed by atoms with Crippen molar-refractivity contribution in [2.45, 2.75) is 17.3 Å². The number of carbonyl (C=O) groups excluding carboxylic acids is 1. The van der Waals surface area contributed by atoms with Crippen LogP contribution in [0.15, 0.2) is 84.1 Å². The van der Waals surface area contributed by atoms with Crippen molar-refractivity contribution in [3.8, 4) is 0 Å². The number of amides is 1. The monoisotopic (exact) mass is 578 g/mol. The lowest BCUT2D eigenvalue weighted by Crippen LogP contribution is -2.47. The van der Waals surface area contributed by atoms with E-state index < -0.39 is 0 Å². The summed E-state index contributed by atoms with van der Waals surface area (Å²) < 4.78 is 0. The number of carbonyl (C=O) groups is 1. The smallest absolute Gasteiger partial charge is 0.251 e. The van der Waals surface area contributed by atoms with Gasteiger partial charge in [0, 0.05) is 68.4 Å². The number of benzene rings is 2. The molecule has 4 aromatic rings. The lowest BCUT2D eigenvalue weighted by molar-refractivity contribution is 0.0954. The maximum absolute atomic E-state index is 12.5. The van der Waals surface area contributed by atoms with Crippen molar-refractivity contribution >= 4 is 52.4 Å². The summed E-state index contributed by atoms with van der Waals surface area (Å²) in [5.41, 5.74) is 3.71. The lowest BCUT2D eigenvalue weighted by Gasteiger charge is -2.37. The number of rotatable bonds is 9. The van der Waals surface area contributed by atoms with Crippen molar-refractivity contribution in [1.29, 1.82) is 0 Å². The number of thioether (sulfide) groups is 1. The van der Waals surface area contributed by atoms with E-state index in [9.17, 15) is 4.79 Å². The van der Waals surface area contributed by atoms with Crippen molar-refractivity contribution in [1.82, 2.24) is 20.3 Å². The van der Waals surface area contributed by atoms with Crippen LogP contribution in [0.3, 0.4) is 0 Å². The third-order valence-electron chi connectivity index (χ3n) is 6.43. The van der Waals surface area contributed by atoms with Gasteiger partial charge in [0.15, 0.2) is 5.16 Å². The van der Waals surface area contributed by atoms with Crippen molar-refractivity contribution < 1.29 is 4.79 Å². The number of nitrogens with one attached hydrogen (secondary N) is 1. The van der Waals surface area contributed by atoms with E-state index in [1.54, 1.807) is 6.20 Å². The van der Waals surface area contributed by atoms with Crippen LogP contribution in [0.2, 0.25) is 10.2 Å². The van der Waals surface area contributed by atoms with E-state index in [0.717, 1.165) is 54.0 Å². The fourth-order valence-corrected chi connectivity index (χ4v) is 5.64. The summed E-state index contributed by atoms with van der Waals surface area (Å²) in [5.74, 6) is 1.40. The van der Waals surface area contributed by atoms with Gasteiger partial charge in [-0.05, 0) is 42.0 Å². The Kier molecular flexibility index (Phi) is 9.19. The molecule has 0 spiro atoms. The number of para-hydroxylation sites is 1. The maximum Gasteiger partial charge on any atom is 0.251 e. The molecule has 10 heteroatoms. The number of anilines is 2. The predicted molar refractivity (Wildman–Crippen MR) is 159 cm³/mol. The predicted octanol–water partition coefficient (Wildman–Crippen LogP) is 5.77. The minimum absolute atomic E-state index is 0.0948. The number of hydrogen-bond acceptors (Lipinski definition) is 7. The number of nitrogens with zero attached hydrogens (tertiary/aromatic N) is 5. The van der Waals surface area contributed by atoms with E-state index in [1.807, 2.05) is 66.7 Å². The Labute approximate surface area is 242 Å². The molecule has 1 aliphatic rings. The molecular weight excluding hydrogens is 551 g/mol. The van der Waals surface area contributed by atoms with Gasteiger partial charge in [0.05, 0.1) is 10.7 Å². The zero-order chi connectivity index (χ0) is 27.0. The highest BCUT2D eigenvalue weighted by molar-refractivity contribution is 7.98. The summed E-state index contributed by atoms with van der Waals surface area (Å²) in [4.78, 5) is 30.5. The molecule has 0 aliphatic carbocycles. The zero-order valence-electron chi connectivity index (χ0n) is 21.3. The topological polar surface area (TPSA) is 74.2 Å². The van der Waals surface area contributed by atoms with Crippen LogP contribution in [0.4, 0.5) is 11.5 Å². The summed E-state index contributed by atoms with van der Waals surface area (Å²) in [6, 6.07) is 23.1. The van der Waals surface area contributed by atoms with Crippen LogP contribution >= 0.6 is 35.0 Å². The number of piperazine rings is 1. The molecule has 1 fully saturated rings. The van der Waals surface area contributed by atoms with Crippen LogP contribution in [0.5, 0.6) is 0 Å². The molecule has 0 radical (unpaired) electrons. The van der Waals surface area contributed by atoms with Gasteiger partial charge in [-0.3, -0.25) is 9.78 Å². The van der Waals surface area contributed by atoms with Gasteiger partial charge < -0.3 is 15.1 Å². The van der Waals surface area contributed by atoms with E-state index in [-0.39, 0.29) is 5.91 Å². The Balaban J connectivity index is 1.13. The normalized spacial score (nSPS) is 13.4. The minimum atomic E-state index is -0.0948. The first kappa shape index (κ1) is 27.2. The quantitative estimate of drug-likeness (QED) is 0.153. The van der Waals surface area contributed by atoms with Crippen molar-refractivity contribution in [3.05, 3.63) is 106 Å². The second kappa shape index (κ2) is 13.2. The first-order chi connectivity index (χ1) is 19.0. The van der Waals surface area contributed by atoms with Crippen LogP contribution in [-0.4, -0.2) is 53.6 Å². The number of aromatic nitrogens is 3. The summed E-state index contributed by atoms with van der Waals surface area (Å²) in [6.45, 7) is 3.85. The summed E-state index contributed by atoms with van der Waals surface area (Å²) in [5, 5.41) is 4.77. The molecule has 2 aromatic heterocycles. The highest BCUT2D eigenvalue weighted by Gasteiger charge is 2.21. The number of hydrogen-bond donors (Lipinski definition) is 1. The number of halogens is 2. The average Bonchev–Trinajstić information content (AvgIpc) is 2.97. The molecule has 1 saturated heterocycles. The SMILES string of the molecule is O=C(NCCc1ccccn1)c1ccc(CSc2nc(Cl)cc(N3CCN(c4ccccc4Cl)CC3)n2)cc1. The molecule has 0 atom stereocenters. The van der Waals surface area contributed by atoms with E-state index in [1.165, 1.54) is 11.8 Å². The first-order valence-corrected chi connectivity index (χ1v) is 14.5. The van der Waals surface area contributed by atoms with Gasteiger partial charge in [-0.15, -0.1) is 0 Å². The van der Waals surface area contributed by atoms with Gasteiger partial charge in [-0.1, -0.05) is 65.3 Å². The fraction of sp³-hybridized carbons (Fsp3) is 0.241. The molecular formula is C29H28Cl2N6OS. The van der Waals surface area contributed by atoms with Crippen LogP contribution in [0, 0.1) is 0 Å². The summed E-state index contributed by atoms with van der Waals surface area (Å²) in [6.07, 6.45) is 2.45. The second-order valence-corrected chi connectivity index (χ2v) is 10.8. The molecule has 2 aromatic carbocycles. The Morgan fingerprint density at radius 3 is 2.38 bits per heavy atom. The zero-order valence-corrected chi connectivity index (χ0v) is 23.6. The second-order valence-electron chi connectivity index (χ2n) is 9.07. The Morgan fingerprint density at radius 1 is 0.897 bits per heavy atom. The van der Waals surface area contributed by atoms with E-state index in [4.69, 9.17) is 28.2 Å². The van der Waals surface area contributed by atoms with Crippen LogP contribution in [0.25, 0.3) is 0 Å². The van der Waals surface area contributed by atoms with Crippen molar-refractivity contribution in [2.24, 2.45) is 0 Å². The summed E-state index contributed by atoms with van der Waals surface area (Å²) >= 11 is 14.3. The van der Waals surface area contributed by atoms with Crippen LogP contribution in [0.1, 0.15) is 21.6 Å². The standard InChI is InChI=1S/C29H28Cl2N6OS/c30-24-6-1-2-7-25(24)36-15-17-37(18-16-36)27-19-26(31)34-29(35-27)39-20-21-8-10-22(11-9-21)28(38)33-14-12-23-5-3-4-13-32-23/h1-11,13,19H,12,14-18,20H2,(H,33,38). The molecule has 1 N–H and O–H groups in total. The van der Waals surface area contributed by atoms with Crippen molar-refractivity contribution in [2.75, 3.05) is 42.5 Å². The highest BCUT2D eigenvalue weighted by Crippen LogP contribution is 2.29. The first-order valence-electron chi connectivity index (χ1n) is 12.7. The maximum atomic E-state index is 12.5. The van der Waals surface area contributed by atoms with E-state index >= 15 is 0 Å². The third-order valence-corrected chi connectivity index (χ3v) is 7.87. The Bertz CT molecular complexity index is 1400.